The first-order chi connectivity index (χ1) is 12.7. The topological polar surface area (TPSA) is 218 Å². The molecular weight excluding hydrogens is 557 g/mol. The van der Waals surface area contributed by atoms with Crippen molar-refractivity contribution in [3.8, 4) is 0 Å². The number of nitrogens with zero attached hydrogens (tertiary/aromatic N) is 1. The van der Waals surface area contributed by atoms with Crippen molar-refractivity contribution in [2.24, 2.45) is 0 Å². The molecule has 1 aromatic heterocycles. The second kappa shape index (κ2) is 16.4. The minimum atomic E-state index is -5.97. The molecule has 0 saturated carbocycles. The summed E-state index contributed by atoms with van der Waals surface area (Å²) in [6.07, 6.45) is 0.335. The van der Waals surface area contributed by atoms with Gasteiger partial charge in [-0.1, -0.05) is 11.8 Å². The summed E-state index contributed by atoms with van der Waals surface area (Å²) in [7, 11) is -11.8. The van der Waals surface area contributed by atoms with Gasteiger partial charge in [0.25, 0.3) is 13.4 Å². The van der Waals surface area contributed by atoms with Crippen molar-refractivity contribution in [3.63, 3.8) is 0 Å². The first kappa shape index (κ1) is 40.0. The molecule has 14 nitrogen and oxygen atoms in total. The molecular formula is C10H13N2Na4O12P3S. The Labute approximate surface area is 275 Å². The molecule has 1 aliphatic heterocycles. The van der Waals surface area contributed by atoms with Crippen LogP contribution in [0, 0.1) is 6.92 Å². The minimum Gasteiger partial charge on any atom is -0.790 e. The Morgan fingerprint density at radius 2 is 1.69 bits per heavy atom. The zero-order valence-corrected chi connectivity index (χ0v) is 29.4. The fourth-order valence-electron chi connectivity index (χ4n) is 2.27. The van der Waals surface area contributed by atoms with Crippen molar-refractivity contribution in [1.82, 2.24) is 9.55 Å². The third kappa shape index (κ3) is 13.9. The van der Waals surface area contributed by atoms with Crippen LogP contribution in [0.4, 0.5) is 0 Å². The number of aryl methyl sites for hydroxylation is 1. The number of ether oxygens (including phenoxy) is 1. The fourth-order valence-corrected chi connectivity index (χ4v) is 6.07. The molecule has 0 radical (unpaired) electrons. The summed E-state index contributed by atoms with van der Waals surface area (Å²) in [6, 6.07) is 0. The molecule has 0 aliphatic carbocycles. The molecule has 1 fully saturated rings. The van der Waals surface area contributed by atoms with Gasteiger partial charge in [0.1, 0.15) is 12.9 Å². The van der Waals surface area contributed by atoms with E-state index in [2.05, 4.69) is 29.9 Å². The van der Waals surface area contributed by atoms with Crippen molar-refractivity contribution in [1.29, 1.82) is 0 Å². The van der Waals surface area contributed by atoms with Crippen LogP contribution in [0.1, 0.15) is 24.6 Å². The quantitative estimate of drug-likeness (QED) is 0.227. The van der Waals surface area contributed by atoms with Gasteiger partial charge in [0.15, 0.2) is 0 Å². The van der Waals surface area contributed by atoms with Gasteiger partial charge in [0, 0.05) is 11.8 Å². The smallest absolute Gasteiger partial charge is 0.790 e. The van der Waals surface area contributed by atoms with E-state index in [1.54, 1.807) is 0 Å². The monoisotopic (exact) mass is 570 g/mol. The van der Waals surface area contributed by atoms with Crippen LogP contribution in [-0.4, -0.2) is 22.3 Å². The maximum Gasteiger partial charge on any atom is 1.00 e. The maximum atomic E-state index is 11.8. The van der Waals surface area contributed by atoms with Crippen molar-refractivity contribution in [2.75, 3.05) is 6.61 Å². The van der Waals surface area contributed by atoms with Crippen molar-refractivity contribution < 1.29 is 165 Å². The normalized spacial score (nSPS) is 21.5. The van der Waals surface area contributed by atoms with Crippen LogP contribution < -0.4 is 149 Å². The van der Waals surface area contributed by atoms with Crippen LogP contribution in [0.15, 0.2) is 15.8 Å². The third-order valence-corrected chi connectivity index (χ3v) is 7.94. The Morgan fingerprint density at radius 1 is 1.12 bits per heavy atom. The Bertz CT molecular complexity index is 1000. The van der Waals surface area contributed by atoms with Crippen molar-refractivity contribution >= 4 is 34.2 Å². The molecule has 0 amide bonds. The number of aromatic nitrogens is 2. The molecule has 1 aliphatic rings. The van der Waals surface area contributed by atoms with Crippen LogP contribution in [0.3, 0.4) is 0 Å². The Kier molecular flexibility index (Phi) is 20.5. The zero-order chi connectivity index (χ0) is 21.3. The Hall–Kier alpha value is 3.47. The van der Waals surface area contributed by atoms with Crippen LogP contribution in [0.25, 0.3) is 0 Å². The summed E-state index contributed by atoms with van der Waals surface area (Å²) in [6.45, 7) is -3.82. The molecule has 0 bridgehead atoms. The van der Waals surface area contributed by atoms with Crippen LogP contribution in [0.2, 0.25) is 0 Å². The van der Waals surface area contributed by atoms with Gasteiger partial charge < -0.3 is 33.4 Å². The van der Waals surface area contributed by atoms with Crippen LogP contribution in [-0.2, 0) is 38.8 Å². The van der Waals surface area contributed by atoms with Crippen LogP contribution >= 0.6 is 22.4 Å². The molecule has 4 unspecified atom stereocenters. The number of hydrogen-bond acceptors (Lipinski definition) is 13. The minimum absolute atomic E-state index is 0. The van der Waals surface area contributed by atoms with Crippen molar-refractivity contribution in [3.05, 3.63) is 32.6 Å². The fraction of sp³-hybridized carbons (Fsp3) is 0.600. The molecule has 0 aromatic carbocycles. The van der Waals surface area contributed by atoms with Gasteiger partial charge >= 0.3 is 124 Å². The van der Waals surface area contributed by atoms with Gasteiger partial charge in [-0.3, -0.25) is 27.5 Å². The van der Waals surface area contributed by atoms with Crippen molar-refractivity contribution in [2.45, 2.75) is 32.1 Å². The summed E-state index contributed by atoms with van der Waals surface area (Å²) in [5.74, 6) is 0. The third-order valence-electron chi connectivity index (χ3n) is 3.36. The molecule has 2 rings (SSSR count). The largest absolute Gasteiger partial charge is 1.00 e. The van der Waals surface area contributed by atoms with E-state index in [1.807, 2.05) is 0 Å². The molecule has 1 N–H and O–H groups in total. The van der Waals surface area contributed by atoms with Gasteiger partial charge in [-0.15, -0.1) is 0 Å². The van der Waals surface area contributed by atoms with E-state index < -0.39 is 52.6 Å². The molecule has 1 saturated heterocycles. The average Bonchev–Trinajstić information content (AvgIpc) is 2.94. The van der Waals surface area contributed by atoms with Gasteiger partial charge in [0.2, 0.25) is 0 Å². The van der Waals surface area contributed by atoms with E-state index in [4.69, 9.17) is 4.74 Å². The number of phosphoric acid groups is 2. The Balaban J connectivity index is -0.00000210. The average molecular weight is 570 g/mol. The Morgan fingerprint density at radius 3 is 2.22 bits per heavy atom. The number of rotatable bonds is 8. The number of aromatic amines is 1. The van der Waals surface area contributed by atoms with Gasteiger partial charge in [-0.05, 0) is 19.8 Å². The summed E-state index contributed by atoms with van der Waals surface area (Å²) < 4.78 is 39.8. The molecule has 22 heteroatoms. The van der Waals surface area contributed by atoms with E-state index in [1.165, 1.54) is 13.1 Å². The summed E-state index contributed by atoms with van der Waals surface area (Å²) in [5.41, 5.74) is -0.983. The van der Waals surface area contributed by atoms with E-state index in [-0.39, 0.29) is 130 Å². The number of hydrogen-bond donors (Lipinski definition) is 1. The SMILES string of the molecule is Cc1cn(C2CCC(COP([O-])(=S)OP(=O)([O-])OP(=O)([O-])[O-])O2)c(=O)[nH]c1=O.[Na+].[Na+].[Na+].[Na+]. The molecule has 0 spiro atoms. The van der Waals surface area contributed by atoms with E-state index in [0.717, 1.165) is 4.57 Å². The van der Waals surface area contributed by atoms with E-state index in [0.29, 0.717) is 6.42 Å². The first-order valence-electron chi connectivity index (χ1n) is 7.36. The molecule has 2 heterocycles. The first-order valence-corrected chi connectivity index (χ1v) is 12.8. The number of nitrogens with one attached hydrogen (secondary N) is 1. The van der Waals surface area contributed by atoms with E-state index >= 15 is 0 Å². The molecule has 1 aromatic rings. The second-order valence-electron chi connectivity index (χ2n) is 5.57. The summed E-state index contributed by atoms with van der Waals surface area (Å²) >= 11 is 4.31. The number of H-pyrrole nitrogens is 1. The predicted molar refractivity (Wildman–Crippen MR) is 86.8 cm³/mol. The standard InChI is InChI=1S/C10H17N2O12P3S.4Na/c1-6-4-12(10(14)11-9(6)13)8-3-2-7(22-8)5-21-27(20,28)24-26(18,19)23-25(15,16)17;;;;/h4,7-8H,2-3,5H2,1H3,(H,18,19)(H,20,28)(H,11,13,14)(H2,15,16,17);;;;/q;4*+1/p-4. The molecule has 32 heavy (non-hydrogen) atoms. The molecule has 4 atom stereocenters. The van der Waals surface area contributed by atoms with E-state index in [9.17, 15) is 38.3 Å². The predicted octanol–water partition coefficient (Wildman–Crippen LogP) is -14.5. The van der Waals surface area contributed by atoms with Crippen LogP contribution in [0.5, 0.6) is 0 Å². The summed E-state index contributed by atoms with van der Waals surface area (Å²) in [4.78, 5) is 69.0. The van der Waals surface area contributed by atoms with Gasteiger partial charge in [-0.25, -0.2) is 4.79 Å². The molecule has 160 valence electrons. The second-order valence-corrected chi connectivity index (χ2v) is 11.2. The zero-order valence-electron chi connectivity index (χ0n) is 17.9. The van der Waals surface area contributed by atoms with Gasteiger partial charge in [-0.2, -0.15) is 0 Å². The summed E-state index contributed by atoms with van der Waals surface area (Å²) in [5, 5.41) is 0. The maximum absolute atomic E-state index is 11.8. The van der Waals surface area contributed by atoms with Gasteiger partial charge in [0.05, 0.1) is 20.5 Å².